The number of methoxy groups -OCH3 is 2. The number of nitrogen functional groups attached to an aromatic ring is 1. The highest BCUT2D eigenvalue weighted by molar-refractivity contribution is 7.87. The molecule has 1 aliphatic heterocycles. The first kappa shape index (κ1) is 24.6. The van der Waals surface area contributed by atoms with E-state index in [1.54, 1.807) is 6.07 Å². The number of ether oxygens (including phenoxy) is 3. The Balaban J connectivity index is 1.76. The van der Waals surface area contributed by atoms with E-state index in [2.05, 4.69) is 26.8 Å². The van der Waals surface area contributed by atoms with E-state index in [-0.39, 0.29) is 23.9 Å². The molecule has 1 fully saturated rings. The summed E-state index contributed by atoms with van der Waals surface area (Å²) in [7, 11) is -1.08. The third-order valence-electron chi connectivity index (χ3n) is 5.35. The predicted octanol–water partition coefficient (Wildman–Crippen LogP) is -1.76. The zero-order valence-electron chi connectivity index (χ0n) is 18.6. The van der Waals surface area contributed by atoms with Crippen LogP contribution in [0.2, 0.25) is 0 Å². The van der Waals surface area contributed by atoms with E-state index in [9.17, 15) is 18.6 Å². The summed E-state index contributed by atoms with van der Waals surface area (Å²) in [5, 5.41) is 26.4. The maximum atomic E-state index is 11.2. The molecule has 0 aliphatic carbocycles. The fourth-order valence-electron chi connectivity index (χ4n) is 3.72. The largest absolute Gasteiger partial charge is 0.495 e. The second-order valence-corrected chi connectivity index (χ2v) is 8.87. The van der Waals surface area contributed by atoms with E-state index < -0.39 is 34.7 Å². The van der Waals surface area contributed by atoms with Crippen LogP contribution in [-0.2, 0) is 14.9 Å². The molecule has 0 bridgehead atoms. The Kier molecular flexibility index (Phi) is 6.76. The lowest BCUT2D eigenvalue weighted by Gasteiger charge is -2.17. The van der Waals surface area contributed by atoms with E-state index >= 15 is 0 Å². The average Bonchev–Trinajstić information content (AvgIpc) is 3.33. The molecule has 0 aromatic carbocycles. The van der Waals surface area contributed by atoms with Crippen molar-refractivity contribution in [3.63, 3.8) is 0 Å². The SMILES string of the molecule is COc1ccnc(OC)c1C#Cc1cn([C@@H]2O[C@H](CNS(N)(=O)=O)[C@@H](O)[C@H]2O)c2ncnc(N)c12. The van der Waals surface area contributed by atoms with Crippen molar-refractivity contribution < 1.29 is 32.8 Å². The first-order valence-corrected chi connectivity index (χ1v) is 11.7. The van der Waals surface area contributed by atoms with Crippen LogP contribution in [0.4, 0.5) is 5.82 Å². The van der Waals surface area contributed by atoms with Gasteiger partial charge in [-0.25, -0.2) is 20.1 Å². The van der Waals surface area contributed by atoms with Gasteiger partial charge in [-0.15, -0.1) is 0 Å². The third kappa shape index (κ3) is 4.84. The van der Waals surface area contributed by atoms with Crippen LogP contribution in [0.3, 0.4) is 0 Å². The predicted molar refractivity (Wildman–Crippen MR) is 122 cm³/mol. The number of nitrogens with zero attached hydrogens (tertiary/aromatic N) is 4. The fraction of sp³-hybridized carbons (Fsp3) is 0.350. The Morgan fingerprint density at radius 3 is 2.66 bits per heavy atom. The zero-order valence-corrected chi connectivity index (χ0v) is 19.4. The second-order valence-electron chi connectivity index (χ2n) is 7.49. The lowest BCUT2D eigenvalue weighted by Crippen LogP contribution is -2.42. The van der Waals surface area contributed by atoms with Crippen LogP contribution in [0.15, 0.2) is 24.8 Å². The molecule has 4 rings (SSSR count). The molecule has 3 aromatic heterocycles. The number of aliphatic hydroxyl groups excluding tert-OH is 2. The minimum Gasteiger partial charge on any atom is -0.495 e. The number of aromatic nitrogens is 4. The standard InChI is InChI=1S/C20H23N7O7S/c1-32-12-5-6-23-19(33-2)11(12)4-3-10-8-27(18-14(10)17(21)24-9-25-18)20-16(29)15(28)13(34-20)7-26-35(22,30)31/h5-6,8-9,13,15-16,20,26,28-29H,7H2,1-2H3,(H2,21,24,25)(H2,22,30,31)/t13-,15-,16-,20-/m1/s1. The molecule has 4 heterocycles. The molecule has 7 N–H and O–H groups in total. The summed E-state index contributed by atoms with van der Waals surface area (Å²) < 4.78 is 42.3. The van der Waals surface area contributed by atoms with E-state index in [1.807, 2.05) is 4.72 Å². The normalized spacial score (nSPS) is 22.1. The van der Waals surface area contributed by atoms with Crippen molar-refractivity contribution in [1.29, 1.82) is 0 Å². The highest BCUT2D eigenvalue weighted by Crippen LogP contribution is 2.34. The Hall–Kier alpha value is -3.52. The summed E-state index contributed by atoms with van der Waals surface area (Å²) in [6, 6.07) is 1.63. The van der Waals surface area contributed by atoms with Gasteiger partial charge in [0.2, 0.25) is 5.88 Å². The molecule has 14 nitrogen and oxygen atoms in total. The van der Waals surface area contributed by atoms with Crippen molar-refractivity contribution in [2.45, 2.75) is 24.5 Å². The Bertz CT molecular complexity index is 1390. The Morgan fingerprint density at radius 2 is 1.97 bits per heavy atom. The van der Waals surface area contributed by atoms with Crippen LogP contribution in [0.1, 0.15) is 17.4 Å². The number of nitrogens with one attached hydrogen (secondary N) is 1. The van der Waals surface area contributed by atoms with Crippen LogP contribution in [0, 0.1) is 11.8 Å². The number of hydrogen-bond donors (Lipinski definition) is 5. The van der Waals surface area contributed by atoms with Gasteiger partial charge in [-0.3, -0.25) is 0 Å². The van der Waals surface area contributed by atoms with Crippen molar-refractivity contribution in [3.8, 4) is 23.5 Å². The zero-order chi connectivity index (χ0) is 25.3. The molecule has 3 aromatic rings. The fourth-order valence-corrected chi connectivity index (χ4v) is 4.12. The van der Waals surface area contributed by atoms with Gasteiger partial charge in [-0.1, -0.05) is 11.8 Å². The summed E-state index contributed by atoms with van der Waals surface area (Å²) in [6.07, 6.45) is -0.760. The number of fused-ring (bicyclic) bond motifs is 1. The van der Waals surface area contributed by atoms with E-state index in [1.165, 1.54) is 37.5 Å². The van der Waals surface area contributed by atoms with Crippen molar-refractivity contribution in [2.75, 3.05) is 26.5 Å². The maximum absolute atomic E-state index is 11.2. The monoisotopic (exact) mass is 505 g/mol. The van der Waals surface area contributed by atoms with Crippen molar-refractivity contribution in [2.24, 2.45) is 5.14 Å². The number of anilines is 1. The van der Waals surface area contributed by atoms with Gasteiger partial charge < -0.3 is 34.7 Å². The van der Waals surface area contributed by atoms with E-state index in [0.717, 1.165) is 0 Å². The maximum Gasteiger partial charge on any atom is 0.274 e. The average molecular weight is 506 g/mol. The van der Waals surface area contributed by atoms with Gasteiger partial charge in [0.1, 0.15) is 47.4 Å². The summed E-state index contributed by atoms with van der Waals surface area (Å²) in [4.78, 5) is 12.4. The number of pyridine rings is 1. The molecule has 1 saturated heterocycles. The molecule has 0 amide bonds. The Labute approximate surface area is 200 Å². The highest BCUT2D eigenvalue weighted by Gasteiger charge is 2.44. The topological polar surface area (TPSA) is 210 Å². The van der Waals surface area contributed by atoms with Crippen LogP contribution in [0.5, 0.6) is 11.6 Å². The quantitative estimate of drug-likeness (QED) is 0.237. The molecular formula is C20H23N7O7S. The molecule has 15 heteroatoms. The molecule has 1 aliphatic rings. The van der Waals surface area contributed by atoms with E-state index in [0.29, 0.717) is 22.3 Å². The van der Waals surface area contributed by atoms with Crippen molar-refractivity contribution in [3.05, 3.63) is 35.9 Å². The van der Waals surface area contributed by atoms with Gasteiger partial charge in [0.05, 0.1) is 25.2 Å². The number of nitrogens with two attached hydrogens (primary N) is 2. The second kappa shape index (κ2) is 9.62. The summed E-state index contributed by atoms with van der Waals surface area (Å²) in [6.45, 7) is -0.350. The van der Waals surface area contributed by atoms with Gasteiger partial charge in [0, 0.05) is 25.0 Å². The molecule has 0 unspecified atom stereocenters. The number of aliphatic hydroxyl groups is 2. The molecular weight excluding hydrogens is 482 g/mol. The van der Waals surface area contributed by atoms with Crippen LogP contribution in [0.25, 0.3) is 11.0 Å². The van der Waals surface area contributed by atoms with Crippen LogP contribution in [-0.4, -0.2) is 77.2 Å². The highest BCUT2D eigenvalue weighted by atomic mass is 32.2. The lowest BCUT2D eigenvalue weighted by molar-refractivity contribution is -0.0327. The smallest absolute Gasteiger partial charge is 0.274 e. The van der Waals surface area contributed by atoms with E-state index in [4.69, 9.17) is 25.1 Å². The van der Waals surface area contributed by atoms with Gasteiger partial charge in [-0.05, 0) is 0 Å². The third-order valence-corrected chi connectivity index (χ3v) is 5.92. The van der Waals surface area contributed by atoms with Gasteiger partial charge in [0.25, 0.3) is 10.2 Å². The summed E-state index contributed by atoms with van der Waals surface area (Å²) in [5.41, 5.74) is 7.17. The van der Waals surface area contributed by atoms with Crippen molar-refractivity contribution in [1.82, 2.24) is 24.2 Å². The van der Waals surface area contributed by atoms with Crippen molar-refractivity contribution >= 4 is 27.1 Å². The van der Waals surface area contributed by atoms with Gasteiger partial charge in [0.15, 0.2) is 6.23 Å². The first-order chi connectivity index (χ1) is 16.6. The molecule has 186 valence electrons. The first-order valence-electron chi connectivity index (χ1n) is 10.1. The molecule has 0 saturated carbocycles. The van der Waals surface area contributed by atoms with Crippen LogP contribution >= 0.6 is 0 Å². The minimum absolute atomic E-state index is 0.128. The summed E-state index contributed by atoms with van der Waals surface area (Å²) in [5.74, 6) is 6.77. The summed E-state index contributed by atoms with van der Waals surface area (Å²) >= 11 is 0. The molecule has 0 spiro atoms. The van der Waals surface area contributed by atoms with Gasteiger partial charge >= 0.3 is 0 Å². The van der Waals surface area contributed by atoms with Gasteiger partial charge in [-0.2, -0.15) is 13.1 Å². The number of rotatable bonds is 6. The van der Waals surface area contributed by atoms with Crippen LogP contribution < -0.4 is 25.1 Å². The molecule has 35 heavy (non-hydrogen) atoms. The number of hydrogen-bond acceptors (Lipinski definition) is 11. The molecule has 4 atom stereocenters. The minimum atomic E-state index is -4.03. The lowest BCUT2D eigenvalue weighted by atomic mass is 10.1. The molecule has 0 radical (unpaired) electrons. The Morgan fingerprint density at radius 1 is 1.20 bits per heavy atom.